The Morgan fingerprint density at radius 2 is 1.71 bits per heavy atom. The summed E-state index contributed by atoms with van der Waals surface area (Å²) in [5.41, 5.74) is 2.50. The smallest absolute Gasteiger partial charge is 0.0410 e. The van der Waals surface area contributed by atoms with Gasteiger partial charge < -0.3 is 5.32 Å². The first-order valence-electron chi connectivity index (χ1n) is 6.78. The van der Waals surface area contributed by atoms with Crippen LogP contribution in [-0.2, 0) is 0 Å². The van der Waals surface area contributed by atoms with E-state index >= 15 is 0 Å². The van der Waals surface area contributed by atoms with Crippen molar-refractivity contribution in [1.82, 2.24) is 0 Å². The molecule has 1 N–H and O–H groups in total. The largest absolute Gasteiger partial charge is 0.382 e. The van der Waals surface area contributed by atoms with Crippen molar-refractivity contribution < 1.29 is 0 Å². The van der Waals surface area contributed by atoms with Crippen LogP contribution in [0.15, 0.2) is 18.2 Å². The average Bonchev–Trinajstić information content (AvgIpc) is 2.25. The van der Waals surface area contributed by atoms with Crippen molar-refractivity contribution in [3.8, 4) is 0 Å². The lowest BCUT2D eigenvalue weighted by molar-refractivity contribution is 0.471. The molecule has 94 valence electrons. The molecule has 0 heterocycles. The molecule has 0 bridgehead atoms. The van der Waals surface area contributed by atoms with E-state index in [-0.39, 0.29) is 0 Å². The number of hydrogen-bond acceptors (Lipinski definition) is 1. The van der Waals surface area contributed by atoms with Crippen LogP contribution in [0.5, 0.6) is 0 Å². The standard InChI is InChI=1S/C15H22ClN/c1-12-11-13(16)9-10-15(12)17-14-7-5-3-2-4-6-8-14/h9-11,14,17H,2-8H2,1H3. The highest BCUT2D eigenvalue weighted by Gasteiger charge is 2.11. The minimum atomic E-state index is 0.648. The van der Waals surface area contributed by atoms with Crippen LogP contribution in [0.4, 0.5) is 5.69 Å². The third-order valence-corrected chi connectivity index (χ3v) is 3.89. The van der Waals surface area contributed by atoms with E-state index in [1.165, 1.54) is 56.2 Å². The summed E-state index contributed by atoms with van der Waals surface area (Å²) in [5.74, 6) is 0. The lowest BCUT2D eigenvalue weighted by Gasteiger charge is -2.23. The number of rotatable bonds is 2. The first-order valence-corrected chi connectivity index (χ1v) is 7.16. The summed E-state index contributed by atoms with van der Waals surface area (Å²) in [7, 11) is 0. The van der Waals surface area contributed by atoms with Gasteiger partial charge >= 0.3 is 0 Å². The summed E-state index contributed by atoms with van der Waals surface area (Å²) < 4.78 is 0. The summed E-state index contributed by atoms with van der Waals surface area (Å²) >= 11 is 5.98. The Labute approximate surface area is 110 Å². The zero-order valence-electron chi connectivity index (χ0n) is 10.6. The van der Waals surface area contributed by atoms with Crippen molar-refractivity contribution in [3.63, 3.8) is 0 Å². The van der Waals surface area contributed by atoms with Crippen LogP contribution in [-0.4, -0.2) is 6.04 Å². The first kappa shape index (κ1) is 12.8. The summed E-state index contributed by atoms with van der Waals surface area (Å²) in [6.07, 6.45) is 9.57. The number of halogens is 1. The third kappa shape index (κ3) is 3.92. The van der Waals surface area contributed by atoms with Gasteiger partial charge in [0, 0.05) is 16.8 Å². The predicted molar refractivity (Wildman–Crippen MR) is 75.9 cm³/mol. The number of hydrogen-bond donors (Lipinski definition) is 1. The number of anilines is 1. The van der Waals surface area contributed by atoms with Gasteiger partial charge in [-0.05, 0) is 43.5 Å². The molecule has 1 aromatic carbocycles. The molecule has 0 unspecified atom stereocenters. The maximum absolute atomic E-state index is 5.98. The van der Waals surface area contributed by atoms with E-state index in [2.05, 4.69) is 18.3 Å². The molecule has 1 nitrogen and oxygen atoms in total. The fourth-order valence-electron chi connectivity index (χ4n) is 2.61. The van der Waals surface area contributed by atoms with Crippen LogP contribution in [0.25, 0.3) is 0 Å². The molecule has 0 aliphatic heterocycles. The first-order chi connectivity index (χ1) is 8.25. The predicted octanol–water partition coefficient (Wildman–Crippen LogP) is 5.17. The van der Waals surface area contributed by atoms with Crippen molar-refractivity contribution in [3.05, 3.63) is 28.8 Å². The van der Waals surface area contributed by atoms with Gasteiger partial charge in [-0.15, -0.1) is 0 Å². The topological polar surface area (TPSA) is 12.0 Å². The molecule has 17 heavy (non-hydrogen) atoms. The molecule has 0 amide bonds. The highest BCUT2D eigenvalue weighted by molar-refractivity contribution is 6.30. The zero-order valence-corrected chi connectivity index (χ0v) is 11.4. The Morgan fingerprint density at radius 1 is 1.06 bits per heavy atom. The zero-order chi connectivity index (χ0) is 12.1. The summed E-state index contributed by atoms with van der Waals surface area (Å²) in [5, 5.41) is 4.51. The molecule has 2 heteroatoms. The van der Waals surface area contributed by atoms with Crippen molar-refractivity contribution in [2.75, 3.05) is 5.32 Å². The Bertz CT molecular complexity index is 354. The van der Waals surface area contributed by atoms with Gasteiger partial charge in [-0.1, -0.05) is 43.7 Å². The van der Waals surface area contributed by atoms with Crippen LogP contribution in [0.1, 0.15) is 50.5 Å². The van der Waals surface area contributed by atoms with Crippen molar-refractivity contribution in [2.45, 2.75) is 57.9 Å². The van der Waals surface area contributed by atoms with Crippen LogP contribution < -0.4 is 5.32 Å². The van der Waals surface area contributed by atoms with E-state index in [1.807, 2.05) is 12.1 Å². The second-order valence-corrected chi connectivity index (χ2v) is 5.58. The quantitative estimate of drug-likeness (QED) is 0.764. The lowest BCUT2D eigenvalue weighted by Crippen LogP contribution is -2.21. The molecule has 1 aliphatic carbocycles. The van der Waals surface area contributed by atoms with Gasteiger partial charge in [-0.25, -0.2) is 0 Å². The van der Waals surface area contributed by atoms with E-state index in [9.17, 15) is 0 Å². The van der Waals surface area contributed by atoms with Crippen molar-refractivity contribution in [1.29, 1.82) is 0 Å². The van der Waals surface area contributed by atoms with Crippen LogP contribution in [0.3, 0.4) is 0 Å². The Balaban J connectivity index is 1.98. The van der Waals surface area contributed by atoms with Gasteiger partial charge in [-0.2, -0.15) is 0 Å². The van der Waals surface area contributed by atoms with E-state index < -0.39 is 0 Å². The van der Waals surface area contributed by atoms with Gasteiger partial charge in [0.1, 0.15) is 0 Å². The van der Waals surface area contributed by atoms with Crippen LogP contribution in [0, 0.1) is 6.92 Å². The van der Waals surface area contributed by atoms with Crippen molar-refractivity contribution in [2.24, 2.45) is 0 Å². The highest BCUT2D eigenvalue weighted by Crippen LogP contribution is 2.24. The Hall–Kier alpha value is -0.690. The maximum Gasteiger partial charge on any atom is 0.0410 e. The molecular weight excluding hydrogens is 230 g/mol. The molecule has 1 aromatic rings. The SMILES string of the molecule is Cc1cc(Cl)ccc1NC1CCCCCCC1. The van der Waals surface area contributed by atoms with Crippen LogP contribution in [0.2, 0.25) is 5.02 Å². The van der Waals surface area contributed by atoms with Gasteiger partial charge in [0.25, 0.3) is 0 Å². The highest BCUT2D eigenvalue weighted by atomic mass is 35.5. The second-order valence-electron chi connectivity index (χ2n) is 5.15. The fourth-order valence-corrected chi connectivity index (χ4v) is 2.84. The number of nitrogens with one attached hydrogen (secondary N) is 1. The maximum atomic E-state index is 5.98. The molecule has 0 saturated heterocycles. The van der Waals surface area contributed by atoms with Gasteiger partial charge in [0.2, 0.25) is 0 Å². The molecule has 1 fully saturated rings. The molecule has 1 saturated carbocycles. The molecule has 0 spiro atoms. The van der Waals surface area contributed by atoms with Crippen LogP contribution >= 0.6 is 11.6 Å². The second kappa shape index (κ2) is 6.30. The average molecular weight is 252 g/mol. The summed E-state index contributed by atoms with van der Waals surface area (Å²) in [6, 6.07) is 6.76. The van der Waals surface area contributed by atoms with E-state index in [1.54, 1.807) is 0 Å². The van der Waals surface area contributed by atoms with E-state index in [0.29, 0.717) is 6.04 Å². The molecule has 0 radical (unpaired) electrons. The number of aryl methyl sites for hydroxylation is 1. The summed E-state index contributed by atoms with van der Waals surface area (Å²) in [4.78, 5) is 0. The Morgan fingerprint density at radius 3 is 2.35 bits per heavy atom. The minimum Gasteiger partial charge on any atom is -0.382 e. The van der Waals surface area contributed by atoms with E-state index in [4.69, 9.17) is 11.6 Å². The van der Waals surface area contributed by atoms with Gasteiger partial charge in [-0.3, -0.25) is 0 Å². The van der Waals surface area contributed by atoms with Gasteiger partial charge in [0.05, 0.1) is 0 Å². The molecule has 0 atom stereocenters. The fraction of sp³-hybridized carbons (Fsp3) is 0.600. The third-order valence-electron chi connectivity index (χ3n) is 3.65. The number of benzene rings is 1. The normalized spacial score (nSPS) is 18.5. The molecule has 2 rings (SSSR count). The van der Waals surface area contributed by atoms with Crippen molar-refractivity contribution >= 4 is 17.3 Å². The Kier molecular flexibility index (Phi) is 4.73. The van der Waals surface area contributed by atoms with E-state index in [0.717, 1.165) is 5.02 Å². The van der Waals surface area contributed by atoms with Gasteiger partial charge in [0.15, 0.2) is 0 Å². The molecular formula is C15H22ClN. The minimum absolute atomic E-state index is 0.648. The summed E-state index contributed by atoms with van der Waals surface area (Å²) in [6.45, 7) is 2.12. The monoisotopic (exact) mass is 251 g/mol. The molecule has 0 aromatic heterocycles. The molecule has 1 aliphatic rings. The lowest BCUT2D eigenvalue weighted by atomic mass is 9.96.